The fourth-order valence-electron chi connectivity index (χ4n) is 2.00. The molecular weight excluding hydrogens is 112 g/mol. The van der Waals surface area contributed by atoms with Crippen molar-refractivity contribution in [3.63, 3.8) is 0 Å². The van der Waals surface area contributed by atoms with Gasteiger partial charge in [-0.05, 0) is 26.3 Å². The van der Waals surface area contributed by atoms with E-state index in [0.29, 0.717) is 0 Å². The molecule has 2 bridgehead atoms. The minimum absolute atomic E-state index is 0.801. The lowest BCUT2D eigenvalue weighted by Crippen LogP contribution is -2.61. The maximum atomic E-state index is 3.50. The molecule has 2 nitrogen and oxygen atoms in total. The number of piperidine rings is 1. The highest BCUT2D eigenvalue weighted by Gasteiger charge is 2.36. The molecule has 9 heavy (non-hydrogen) atoms. The third-order valence-electron chi connectivity index (χ3n) is 2.59. The van der Waals surface area contributed by atoms with Crippen molar-refractivity contribution in [3.05, 3.63) is 0 Å². The number of fused-ring (bicyclic) bond motifs is 2. The smallest absolute Gasteiger partial charge is 0.00993 e. The first-order valence-electron chi connectivity index (χ1n) is 3.82. The van der Waals surface area contributed by atoms with Crippen LogP contribution in [0.3, 0.4) is 0 Å². The van der Waals surface area contributed by atoms with Crippen LogP contribution in [0.4, 0.5) is 0 Å². The summed E-state index contributed by atoms with van der Waals surface area (Å²) in [5, 5.41) is 6.83. The number of nitrogens with one attached hydrogen (secondary N) is 2. The number of hydrogen-bond acceptors (Lipinski definition) is 2. The van der Waals surface area contributed by atoms with Gasteiger partial charge in [-0.2, -0.15) is 0 Å². The number of rotatable bonds is 1. The largest absolute Gasteiger partial charge is 0.317 e. The molecule has 1 unspecified atom stereocenters. The van der Waals surface area contributed by atoms with Gasteiger partial charge in [0.15, 0.2) is 0 Å². The SMILES string of the molecule is CNC1C[C@@H]2C[C@H](C1)N2. The Morgan fingerprint density at radius 2 is 1.78 bits per heavy atom. The standard InChI is InChI=1S/C7H14N2/c1-8-5-2-6-4-7(3-5)9-6/h5-9H,2-4H2,1H3/t5?,6-,7+. The highest BCUT2D eigenvalue weighted by atomic mass is 15.1. The van der Waals surface area contributed by atoms with E-state index < -0.39 is 0 Å². The summed E-state index contributed by atoms with van der Waals surface area (Å²) >= 11 is 0. The molecule has 2 heteroatoms. The fraction of sp³-hybridized carbons (Fsp3) is 1.00. The van der Waals surface area contributed by atoms with Crippen LogP contribution in [0.15, 0.2) is 0 Å². The zero-order valence-corrected chi connectivity index (χ0v) is 5.85. The predicted octanol–water partition coefficient (Wildman–Crippen LogP) is 0.0987. The van der Waals surface area contributed by atoms with Crippen molar-refractivity contribution in [1.82, 2.24) is 10.6 Å². The van der Waals surface area contributed by atoms with Gasteiger partial charge >= 0.3 is 0 Å². The molecule has 3 fully saturated rings. The Bertz CT molecular complexity index is 97.5. The van der Waals surface area contributed by atoms with Gasteiger partial charge in [0.1, 0.15) is 0 Å². The maximum Gasteiger partial charge on any atom is 0.00993 e. The van der Waals surface area contributed by atoms with Crippen LogP contribution in [-0.2, 0) is 0 Å². The Morgan fingerprint density at radius 3 is 2.11 bits per heavy atom. The third-order valence-corrected chi connectivity index (χ3v) is 2.59. The van der Waals surface area contributed by atoms with E-state index in [1.54, 1.807) is 0 Å². The second kappa shape index (κ2) is 1.96. The van der Waals surface area contributed by atoms with Crippen molar-refractivity contribution in [2.75, 3.05) is 7.05 Å². The number of hydrogen-bond donors (Lipinski definition) is 2. The summed E-state index contributed by atoms with van der Waals surface area (Å²) in [4.78, 5) is 0. The van der Waals surface area contributed by atoms with E-state index in [1.165, 1.54) is 19.3 Å². The Kier molecular flexibility index (Phi) is 1.24. The van der Waals surface area contributed by atoms with Gasteiger partial charge in [0, 0.05) is 18.1 Å². The average Bonchev–Trinajstić information content (AvgIpc) is 1.87. The molecule has 0 aromatic rings. The van der Waals surface area contributed by atoms with Crippen LogP contribution >= 0.6 is 0 Å². The van der Waals surface area contributed by atoms with Crippen LogP contribution in [0, 0.1) is 0 Å². The molecule has 2 heterocycles. The van der Waals surface area contributed by atoms with Crippen molar-refractivity contribution in [3.8, 4) is 0 Å². The summed E-state index contributed by atoms with van der Waals surface area (Å²) in [7, 11) is 2.06. The molecule has 3 atom stereocenters. The zero-order chi connectivity index (χ0) is 6.27. The topological polar surface area (TPSA) is 24.1 Å². The van der Waals surface area contributed by atoms with Crippen molar-refractivity contribution < 1.29 is 0 Å². The molecule has 2 aliphatic heterocycles. The van der Waals surface area contributed by atoms with E-state index >= 15 is 0 Å². The van der Waals surface area contributed by atoms with Crippen molar-refractivity contribution >= 4 is 0 Å². The highest BCUT2D eigenvalue weighted by Crippen LogP contribution is 2.27. The summed E-state index contributed by atoms with van der Waals surface area (Å²) < 4.78 is 0. The van der Waals surface area contributed by atoms with E-state index in [2.05, 4.69) is 17.7 Å². The molecule has 3 rings (SSSR count). The summed E-state index contributed by atoms with van der Waals surface area (Å²) in [6.07, 6.45) is 4.11. The molecule has 3 aliphatic rings. The molecule has 0 aromatic heterocycles. The Balaban J connectivity index is 1.89. The molecule has 52 valence electrons. The van der Waals surface area contributed by atoms with Gasteiger partial charge in [-0.25, -0.2) is 0 Å². The van der Waals surface area contributed by atoms with E-state index in [1.807, 2.05) is 0 Å². The van der Waals surface area contributed by atoms with Gasteiger partial charge in [0.2, 0.25) is 0 Å². The normalized spacial score (nSPS) is 48.3. The first-order chi connectivity index (χ1) is 4.38. The van der Waals surface area contributed by atoms with Crippen LogP contribution in [0.2, 0.25) is 0 Å². The molecule has 0 spiro atoms. The van der Waals surface area contributed by atoms with E-state index in [0.717, 1.165) is 18.1 Å². The van der Waals surface area contributed by atoms with Gasteiger partial charge in [-0.1, -0.05) is 0 Å². The molecule has 0 aromatic carbocycles. The van der Waals surface area contributed by atoms with Crippen LogP contribution in [0.25, 0.3) is 0 Å². The molecule has 2 saturated heterocycles. The Hall–Kier alpha value is -0.0800. The zero-order valence-electron chi connectivity index (χ0n) is 5.85. The highest BCUT2D eigenvalue weighted by molar-refractivity contribution is 4.98. The van der Waals surface area contributed by atoms with Crippen molar-refractivity contribution in [1.29, 1.82) is 0 Å². The molecular formula is C7H14N2. The van der Waals surface area contributed by atoms with Gasteiger partial charge in [0.25, 0.3) is 0 Å². The fourth-order valence-corrected chi connectivity index (χ4v) is 2.00. The predicted molar refractivity (Wildman–Crippen MR) is 37.4 cm³/mol. The van der Waals surface area contributed by atoms with Crippen LogP contribution < -0.4 is 10.6 Å². The van der Waals surface area contributed by atoms with Crippen molar-refractivity contribution in [2.45, 2.75) is 37.4 Å². The van der Waals surface area contributed by atoms with Gasteiger partial charge < -0.3 is 10.6 Å². The lowest BCUT2D eigenvalue weighted by molar-refractivity contribution is 0.150. The summed E-state index contributed by atoms with van der Waals surface area (Å²) in [5.74, 6) is 0. The van der Waals surface area contributed by atoms with E-state index in [9.17, 15) is 0 Å². The summed E-state index contributed by atoms with van der Waals surface area (Å²) in [6.45, 7) is 0. The van der Waals surface area contributed by atoms with E-state index in [4.69, 9.17) is 0 Å². The van der Waals surface area contributed by atoms with Gasteiger partial charge in [-0.15, -0.1) is 0 Å². The quantitative estimate of drug-likeness (QED) is 0.520. The Morgan fingerprint density at radius 1 is 1.22 bits per heavy atom. The van der Waals surface area contributed by atoms with Crippen molar-refractivity contribution in [2.24, 2.45) is 0 Å². The third kappa shape index (κ3) is 0.864. The minimum Gasteiger partial charge on any atom is -0.317 e. The first-order valence-corrected chi connectivity index (χ1v) is 3.82. The second-order valence-electron chi connectivity index (χ2n) is 3.25. The average molecular weight is 126 g/mol. The molecule has 1 saturated carbocycles. The summed E-state index contributed by atoms with van der Waals surface area (Å²) in [6, 6.07) is 2.50. The monoisotopic (exact) mass is 126 g/mol. The Labute approximate surface area is 56.0 Å². The molecule has 0 amide bonds. The minimum atomic E-state index is 0.801. The summed E-state index contributed by atoms with van der Waals surface area (Å²) in [5.41, 5.74) is 0. The van der Waals surface area contributed by atoms with Crippen LogP contribution in [0.5, 0.6) is 0 Å². The van der Waals surface area contributed by atoms with E-state index in [-0.39, 0.29) is 0 Å². The maximum absolute atomic E-state index is 3.50. The lowest BCUT2D eigenvalue weighted by Gasteiger charge is -2.46. The second-order valence-corrected chi connectivity index (χ2v) is 3.25. The molecule has 1 aliphatic carbocycles. The van der Waals surface area contributed by atoms with Crippen LogP contribution in [0.1, 0.15) is 19.3 Å². The first kappa shape index (κ1) is 5.69. The molecule has 0 radical (unpaired) electrons. The van der Waals surface area contributed by atoms with Gasteiger partial charge in [0.05, 0.1) is 0 Å². The molecule has 2 N–H and O–H groups in total. The van der Waals surface area contributed by atoms with Crippen LogP contribution in [-0.4, -0.2) is 25.2 Å². The van der Waals surface area contributed by atoms with Gasteiger partial charge in [-0.3, -0.25) is 0 Å². The lowest BCUT2D eigenvalue weighted by atomic mass is 9.80.